The second kappa shape index (κ2) is 7.42. The number of hydrogen-bond donors (Lipinski definition) is 0. The van der Waals surface area contributed by atoms with Crippen molar-refractivity contribution in [3.8, 4) is 0 Å². The molecule has 0 saturated heterocycles. The zero-order valence-corrected chi connectivity index (χ0v) is 11.4. The number of aliphatic imine (C=N–C) groups is 1. The number of rotatable bonds is 5. The van der Waals surface area contributed by atoms with Crippen LogP contribution in [0, 0.1) is 0 Å². The number of thioether (sulfide) groups is 1. The van der Waals surface area contributed by atoms with E-state index in [2.05, 4.69) is 29.6 Å². The second-order valence-corrected chi connectivity index (χ2v) is 5.06. The maximum absolute atomic E-state index is 4.37. The van der Waals surface area contributed by atoms with Crippen molar-refractivity contribution in [2.24, 2.45) is 4.99 Å². The van der Waals surface area contributed by atoms with Crippen molar-refractivity contribution >= 4 is 23.3 Å². The number of para-hydroxylation sites is 1. The van der Waals surface area contributed by atoms with Gasteiger partial charge in [0.15, 0.2) is 0 Å². The minimum Gasteiger partial charge on any atom is -0.205 e. The van der Waals surface area contributed by atoms with Crippen molar-refractivity contribution in [3.05, 3.63) is 78.2 Å². The van der Waals surface area contributed by atoms with E-state index in [4.69, 9.17) is 0 Å². The molecule has 0 spiro atoms. The van der Waals surface area contributed by atoms with Crippen molar-refractivity contribution in [2.45, 2.75) is 11.3 Å². The largest absolute Gasteiger partial charge is 0.205 e. The molecule has 0 radical (unpaired) electrons. The molecular formula is C17H15NS. The van der Waals surface area contributed by atoms with Crippen LogP contribution in [0.3, 0.4) is 0 Å². The van der Waals surface area contributed by atoms with E-state index in [1.54, 1.807) is 11.8 Å². The van der Waals surface area contributed by atoms with Crippen LogP contribution < -0.4 is 0 Å². The van der Waals surface area contributed by atoms with Gasteiger partial charge in [0.1, 0.15) is 0 Å². The maximum Gasteiger partial charge on any atom is 0.0730 e. The summed E-state index contributed by atoms with van der Waals surface area (Å²) < 4.78 is 0. The summed E-state index contributed by atoms with van der Waals surface area (Å²) in [6.07, 6.45) is 2.65. The summed E-state index contributed by atoms with van der Waals surface area (Å²) in [6, 6.07) is 20.1. The van der Waals surface area contributed by atoms with Crippen LogP contribution in [0.4, 0.5) is 5.69 Å². The first-order valence-electron chi connectivity index (χ1n) is 6.10. The standard InChI is InChI=1S/C17H15NS/c1-2-9-17(19-16-12-7-4-8-13-16)14-18-15-10-5-3-6-11-15/h2-8,10-13H,1,9H2. The Kier molecular flexibility index (Phi) is 5.24. The summed E-state index contributed by atoms with van der Waals surface area (Å²) in [4.78, 5) is 6.62. The molecule has 0 N–H and O–H groups in total. The Hall–Kier alpha value is -2.02. The number of hydrogen-bond acceptors (Lipinski definition) is 2. The molecule has 0 fully saturated rings. The Morgan fingerprint density at radius 3 is 2.32 bits per heavy atom. The van der Waals surface area contributed by atoms with Crippen LogP contribution in [-0.2, 0) is 0 Å². The summed E-state index contributed by atoms with van der Waals surface area (Å²) in [7, 11) is 0. The highest BCUT2D eigenvalue weighted by atomic mass is 32.2. The van der Waals surface area contributed by atoms with Gasteiger partial charge in [-0.2, -0.15) is 0 Å². The Morgan fingerprint density at radius 1 is 1.05 bits per heavy atom. The summed E-state index contributed by atoms with van der Waals surface area (Å²) in [5.41, 5.74) is 0.915. The van der Waals surface area contributed by atoms with Crippen LogP contribution >= 0.6 is 11.8 Å². The van der Waals surface area contributed by atoms with Gasteiger partial charge in [-0.1, -0.05) is 54.2 Å². The van der Waals surface area contributed by atoms with Crippen molar-refractivity contribution < 1.29 is 0 Å². The number of benzene rings is 2. The molecule has 0 bridgehead atoms. The van der Waals surface area contributed by atoms with Gasteiger partial charge in [-0.05, 0) is 30.1 Å². The van der Waals surface area contributed by atoms with Crippen LogP contribution in [-0.4, -0.2) is 5.87 Å². The van der Waals surface area contributed by atoms with Crippen molar-refractivity contribution in [1.82, 2.24) is 0 Å². The fraction of sp³-hybridized carbons (Fsp3) is 0.0588. The molecule has 0 saturated carbocycles. The normalized spacial score (nSPS) is 9.47. The Morgan fingerprint density at radius 2 is 1.68 bits per heavy atom. The molecule has 0 aliphatic rings. The average molecular weight is 265 g/mol. The molecule has 2 aromatic rings. The molecule has 19 heavy (non-hydrogen) atoms. The Balaban J connectivity index is 2.20. The SMILES string of the molecule is C=CCC(=C=Nc1ccccc1)Sc1ccccc1. The van der Waals surface area contributed by atoms with Gasteiger partial charge in [0.2, 0.25) is 0 Å². The first-order valence-corrected chi connectivity index (χ1v) is 6.91. The van der Waals surface area contributed by atoms with Gasteiger partial charge in [0.25, 0.3) is 0 Å². The highest BCUT2D eigenvalue weighted by Gasteiger charge is 1.98. The van der Waals surface area contributed by atoms with Crippen LogP contribution in [0.15, 0.2) is 88.1 Å². The van der Waals surface area contributed by atoms with Crippen molar-refractivity contribution in [1.29, 1.82) is 0 Å². The highest BCUT2D eigenvalue weighted by molar-refractivity contribution is 8.03. The lowest BCUT2D eigenvalue weighted by Gasteiger charge is -2.00. The molecular weight excluding hydrogens is 250 g/mol. The summed E-state index contributed by atoms with van der Waals surface area (Å²) in [5.74, 6) is 3.12. The van der Waals surface area contributed by atoms with Gasteiger partial charge in [0.05, 0.1) is 10.6 Å². The van der Waals surface area contributed by atoms with Gasteiger partial charge in [-0.15, -0.1) is 6.58 Å². The number of allylic oxidation sites excluding steroid dienone is 2. The van der Waals surface area contributed by atoms with E-state index in [1.165, 1.54) is 4.90 Å². The summed E-state index contributed by atoms with van der Waals surface area (Å²) >= 11 is 1.67. The molecule has 94 valence electrons. The molecule has 0 atom stereocenters. The first kappa shape index (κ1) is 13.4. The van der Waals surface area contributed by atoms with Gasteiger partial charge in [-0.25, -0.2) is 4.99 Å². The van der Waals surface area contributed by atoms with Crippen molar-refractivity contribution in [3.63, 3.8) is 0 Å². The Labute approximate surface area is 118 Å². The lowest BCUT2D eigenvalue weighted by Crippen LogP contribution is -1.77. The summed E-state index contributed by atoms with van der Waals surface area (Å²) in [5, 5.41) is 0. The molecule has 0 heterocycles. The third-order valence-electron chi connectivity index (χ3n) is 2.38. The van der Waals surface area contributed by atoms with E-state index in [0.29, 0.717) is 0 Å². The third-order valence-corrected chi connectivity index (χ3v) is 3.39. The average Bonchev–Trinajstić information content (AvgIpc) is 2.47. The van der Waals surface area contributed by atoms with Crippen LogP contribution in [0.1, 0.15) is 6.42 Å². The minimum absolute atomic E-state index is 0.774. The second-order valence-electron chi connectivity index (χ2n) is 3.89. The molecule has 1 nitrogen and oxygen atoms in total. The monoisotopic (exact) mass is 265 g/mol. The lowest BCUT2D eigenvalue weighted by molar-refractivity contribution is 1.38. The van der Waals surface area contributed by atoms with E-state index in [-0.39, 0.29) is 0 Å². The first-order chi connectivity index (χ1) is 9.38. The van der Waals surface area contributed by atoms with E-state index in [9.17, 15) is 0 Å². The van der Waals surface area contributed by atoms with E-state index in [0.717, 1.165) is 17.0 Å². The smallest absolute Gasteiger partial charge is 0.0730 e. The van der Waals surface area contributed by atoms with E-state index < -0.39 is 0 Å². The molecule has 0 aliphatic carbocycles. The van der Waals surface area contributed by atoms with Gasteiger partial charge >= 0.3 is 0 Å². The third kappa shape index (κ3) is 4.63. The van der Waals surface area contributed by atoms with Crippen LogP contribution in [0.2, 0.25) is 0 Å². The van der Waals surface area contributed by atoms with Crippen LogP contribution in [0.5, 0.6) is 0 Å². The molecule has 0 aliphatic heterocycles. The van der Waals surface area contributed by atoms with Crippen LogP contribution in [0.25, 0.3) is 0 Å². The minimum atomic E-state index is 0.774. The molecule has 0 amide bonds. The highest BCUT2D eigenvalue weighted by Crippen LogP contribution is 2.27. The van der Waals surface area contributed by atoms with Gasteiger partial charge < -0.3 is 0 Å². The summed E-state index contributed by atoms with van der Waals surface area (Å²) in [6.45, 7) is 3.78. The fourth-order valence-electron chi connectivity index (χ4n) is 1.50. The molecule has 2 aromatic carbocycles. The topological polar surface area (TPSA) is 12.4 Å². The molecule has 2 heteroatoms. The predicted molar refractivity (Wildman–Crippen MR) is 84.2 cm³/mol. The molecule has 0 aromatic heterocycles. The molecule has 0 unspecified atom stereocenters. The molecule has 2 rings (SSSR count). The van der Waals surface area contributed by atoms with Gasteiger partial charge in [-0.3, -0.25) is 0 Å². The lowest BCUT2D eigenvalue weighted by atomic mass is 10.3. The quantitative estimate of drug-likeness (QED) is 0.409. The maximum atomic E-state index is 4.37. The van der Waals surface area contributed by atoms with Crippen molar-refractivity contribution in [2.75, 3.05) is 0 Å². The zero-order chi connectivity index (χ0) is 13.3. The zero-order valence-electron chi connectivity index (χ0n) is 10.6. The van der Waals surface area contributed by atoms with Gasteiger partial charge in [0, 0.05) is 11.3 Å². The predicted octanol–water partition coefficient (Wildman–Crippen LogP) is 5.24. The van der Waals surface area contributed by atoms with E-state index in [1.807, 2.05) is 54.6 Å². The number of nitrogens with zero attached hydrogens (tertiary/aromatic N) is 1. The fourth-order valence-corrected chi connectivity index (χ4v) is 2.37. The van der Waals surface area contributed by atoms with E-state index >= 15 is 0 Å². The Bertz CT molecular complexity index is 581.